The van der Waals surface area contributed by atoms with Crippen molar-refractivity contribution in [3.05, 3.63) is 45.7 Å². The van der Waals surface area contributed by atoms with E-state index < -0.39 is 0 Å². The second-order valence-corrected chi connectivity index (χ2v) is 5.61. The van der Waals surface area contributed by atoms with Crippen LogP contribution in [0.2, 0.25) is 0 Å². The topological polar surface area (TPSA) is 54.9 Å². The van der Waals surface area contributed by atoms with Crippen molar-refractivity contribution < 1.29 is 4.79 Å². The van der Waals surface area contributed by atoms with Crippen molar-refractivity contribution >= 4 is 17.2 Å². The Kier molecular flexibility index (Phi) is 3.72. The predicted octanol–water partition coefficient (Wildman–Crippen LogP) is 2.65. The molecule has 2 aromatic rings. The van der Waals surface area contributed by atoms with Gasteiger partial charge in [-0.3, -0.25) is 9.78 Å². The molecule has 1 atom stereocenters. The molecule has 0 aliphatic carbocycles. The first-order valence-corrected chi connectivity index (χ1v) is 6.53. The zero-order valence-corrected chi connectivity index (χ0v) is 11.4. The van der Waals surface area contributed by atoms with Crippen molar-refractivity contribution in [2.45, 2.75) is 26.8 Å². The molecule has 18 heavy (non-hydrogen) atoms. The van der Waals surface area contributed by atoms with E-state index in [1.54, 1.807) is 17.5 Å². The maximum atomic E-state index is 11.9. The summed E-state index contributed by atoms with van der Waals surface area (Å²) in [6.45, 7) is 6.11. The monoisotopic (exact) mass is 261 g/mol. The smallest absolute Gasteiger partial charge is 0.271 e. The zero-order valence-electron chi connectivity index (χ0n) is 10.6. The molecule has 5 heteroatoms. The van der Waals surface area contributed by atoms with Crippen LogP contribution in [0.5, 0.6) is 0 Å². The zero-order chi connectivity index (χ0) is 13.1. The summed E-state index contributed by atoms with van der Waals surface area (Å²) in [6, 6.07) is 2.09. The van der Waals surface area contributed by atoms with E-state index in [0.717, 1.165) is 5.56 Å². The summed E-state index contributed by atoms with van der Waals surface area (Å²) >= 11 is 1.74. The molecular formula is C13H15N3OS. The fourth-order valence-electron chi connectivity index (χ4n) is 1.85. The van der Waals surface area contributed by atoms with Crippen LogP contribution in [0.25, 0.3) is 0 Å². The molecule has 0 spiro atoms. The number of hydrogen-bond acceptors (Lipinski definition) is 4. The summed E-state index contributed by atoms with van der Waals surface area (Å²) in [5.74, 6) is -0.196. The van der Waals surface area contributed by atoms with Gasteiger partial charge in [0.05, 0.1) is 12.2 Å². The van der Waals surface area contributed by atoms with Gasteiger partial charge in [-0.15, -0.1) is 11.3 Å². The van der Waals surface area contributed by atoms with Crippen LogP contribution >= 0.6 is 11.3 Å². The van der Waals surface area contributed by atoms with Crippen LogP contribution in [0.4, 0.5) is 0 Å². The summed E-state index contributed by atoms with van der Waals surface area (Å²) in [4.78, 5) is 22.3. The van der Waals surface area contributed by atoms with Crippen LogP contribution in [0.3, 0.4) is 0 Å². The second-order valence-electron chi connectivity index (χ2n) is 4.15. The minimum absolute atomic E-state index is 0.0237. The highest BCUT2D eigenvalue weighted by Gasteiger charge is 2.15. The number of nitrogens with one attached hydrogen (secondary N) is 1. The second kappa shape index (κ2) is 5.27. The number of hydrogen-bond donors (Lipinski definition) is 1. The quantitative estimate of drug-likeness (QED) is 0.924. The highest BCUT2D eigenvalue weighted by atomic mass is 32.1. The third kappa shape index (κ3) is 2.73. The van der Waals surface area contributed by atoms with E-state index in [0.29, 0.717) is 5.69 Å². The molecule has 0 aliphatic heterocycles. The van der Waals surface area contributed by atoms with Crippen LogP contribution in [-0.2, 0) is 0 Å². The van der Waals surface area contributed by atoms with Gasteiger partial charge >= 0.3 is 0 Å². The van der Waals surface area contributed by atoms with Crippen molar-refractivity contribution in [1.29, 1.82) is 0 Å². The van der Waals surface area contributed by atoms with Gasteiger partial charge in [0.25, 0.3) is 5.91 Å². The lowest BCUT2D eigenvalue weighted by Gasteiger charge is -2.13. The predicted molar refractivity (Wildman–Crippen MR) is 71.7 cm³/mol. The molecule has 0 aliphatic rings. The first-order chi connectivity index (χ1) is 8.58. The summed E-state index contributed by atoms with van der Waals surface area (Å²) in [6.07, 6.45) is 4.53. The first kappa shape index (κ1) is 12.7. The summed E-state index contributed by atoms with van der Waals surface area (Å²) in [7, 11) is 0. The molecule has 1 amide bonds. The van der Waals surface area contributed by atoms with Gasteiger partial charge in [0.2, 0.25) is 0 Å². The highest BCUT2D eigenvalue weighted by Crippen LogP contribution is 2.26. The summed E-state index contributed by atoms with van der Waals surface area (Å²) in [5.41, 5.74) is 1.50. The largest absolute Gasteiger partial charge is 0.344 e. The summed E-state index contributed by atoms with van der Waals surface area (Å²) in [5, 5.41) is 2.93. The number of aryl methyl sites for hydroxylation is 2. The van der Waals surface area contributed by atoms with Gasteiger partial charge in [-0.2, -0.15) is 0 Å². The van der Waals surface area contributed by atoms with E-state index >= 15 is 0 Å². The van der Waals surface area contributed by atoms with Gasteiger partial charge < -0.3 is 5.32 Å². The molecule has 0 fully saturated rings. The Morgan fingerprint density at radius 3 is 2.72 bits per heavy atom. The molecule has 2 rings (SSSR count). The molecule has 0 bridgehead atoms. The average Bonchev–Trinajstić information content (AvgIpc) is 2.69. The Morgan fingerprint density at radius 1 is 1.39 bits per heavy atom. The molecule has 1 N–H and O–H groups in total. The van der Waals surface area contributed by atoms with Gasteiger partial charge in [0.15, 0.2) is 0 Å². The Bertz CT molecular complexity index is 551. The van der Waals surface area contributed by atoms with Gasteiger partial charge in [-0.25, -0.2) is 4.98 Å². The lowest BCUT2D eigenvalue weighted by Crippen LogP contribution is -2.27. The SMILES string of the molecule is Cc1cc([C@H](C)NC(=O)c2cnccn2)c(C)s1. The van der Waals surface area contributed by atoms with Gasteiger partial charge in [0.1, 0.15) is 5.69 Å². The van der Waals surface area contributed by atoms with Crippen LogP contribution in [0, 0.1) is 13.8 Å². The first-order valence-electron chi connectivity index (χ1n) is 5.71. The number of nitrogens with zero attached hydrogens (tertiary/aromatic N) is 2. The Morgan fingerprint density at radius 2 is 2.17 bits per heavy atom. The molecule has 0 aromatic carbocycles. The Hall–Kier alpha value is -1.75. The molecular weight excluding hydrogens is 246 g/mol. The molecule has 2 heterocycles. The van der Waals surface area contributed by atoms with Crippen molar-refractivity contribution in [3.8, 4) is 0 Å². The van der Waals surface area contributed by atoms with Gasteiger partial charge in [-0.1, -0.05) is 0 Å². The van der Waals surface area contributed by atoms with Crippen LogP contribution in [-0.4, -0.2) is 15.9 Å². The van der Waals surface area contributed by atoms with Crippen molar-refractivity contribution in [1.82, 2.24) is 15.3 Å². The van der Waals surface area contributed by atoms with Crippen LogP contribution in [0.15, 0.2) is 24.7 Å². The third-order valence-corrected chi connectivity index (χ3v) is 3.67. The van der Waals surface area contributed by atoms with E-state index in [-0.39, 0.29) is 11.9 Å². The molecule has 0 unspecified atom stereocenters. The lowest BCUT2D eigenvalue weighted by atomic mass is 10.1. The number of thiophene rings is 1. The van der Waals surface area contributed by atoms with E-state index in [1.807, 2.05) is 6.92 Å². The van der Waals surface area contributed by atoms with Crippen molar-refractivity contribution in [3.63, 3.8) is 0 Å². The molecule has 0 radical (unpaired) electrons. The van der Waals surface area contributed by atoms with Gasteiger partial charge in [0, 0.05) is 22.1 Å². The maximum Gasteiger partial charge on any atom is 0.271 e. The van der Waals surface area contributed by atoms with Crippen molar-refractivity contribution in [2.24, 2.45) is 0 Å². The van der Waals surface area contributed by atoms with E-state index in [2.05, 4.69) is 35.2 Å². The van der Waals surface area contributed by atoms with Crippen LogP contribution in [0.1, 0.15) is 38.8 Å². The van der Waals surface area contributed by atoms with Crippen molar-refractivity contribution in [2.75, 3.05) is 0 Å². The maximum absolute atomic E-state index is 11.9. The number of aromatic nitrogens is 2. The highest BCUT2D eigenvalue weighted by molar-refractivity contribution is 7.12. The Balaban J connectivity index is 2.10. The number of rotatable bonds is 3. The lowest BCUT2D eigenvalue weighted by molar-refractivity contribution is 0.0934. The molecule has 2 aromatic heterocycles. The number of carbonyl (C=O) groups is 1. The third-order valence-electron chi connectivity index (χ3n) is 2.69. The fourth-order valence-corrected chi connectivity index (χ4v) is 2.87. The van der Waals surface area contributed by atoms with E-state index in [1.165, 1.54) is 22.1 Å². The number of carbonyl (C=O) groups excluding carboxylic acids is 1. The molecule has 0 saturated carbocycles. The molecule has 4 nitrogen and oxygen atoms in total. The van der Waals surface area contributed by atoms with Crippen LogP contribution < -0.4 is 5.32 Å². The van der Waals surface area contributed by atoms with Gasteiger partial charge in [-0.05, 0) is 32.4 Å². The fraction of sp³-hybridized carbons (Fsp3) is 0.308. The molecule has 94 valence electrons. The Labute approximate surface area is 110 Å². The summed E-state index contributed by atoms with van der Waals surface area (Å²) < 4.78 is 0. The average molecular weight is 261 g/mol. The standard InChI is InChI=1S/C13H15N3OS/c1-8-6-11(10(3)18-8)9(2)16-13(17)12-7-14-4-5-15-12/h4-7,9H,1-3H3,(H,16,17)/t9-/m0/s1. The van der Waals surface area contributed by atoms with E-state index in [4.69, 9.17) is 0 Å². The normalized spacial score (nSPS) is 12.2. The van der Waals surface area contributed by atoms with E-state index in [9.17, 15) is 4.79 Å². The minimum atomic E-state index is -0.196. The molecule has 0 saturated heterocycles. The number of amides is 1. The minimum Gasteiger partial charge on any atom is -0.344 e.